The highest BCUT2D eigenvalue weighted by Gasteiger charge is 2.27. The van der Waals surface area contributed by atoms with E-state index in [2.05, 4.69) is 44.1 Å². The standard InChI is InChI=1S/C16H29ClN2S/c1-5-10-18-12-16(6-2,7-3)13-19(4)11-14-8-9-15(17)20-14/h8-9,18H,5-7,10-13H2,1-4H3. The number of nitrogens with zero attached hydrogens (tertiary/aromatic N) is 1. The highest BCUT2D eigenvalue weighted by Crippen LogP contribution is 2.28. The van der Waals surface area contributed by atoms with Crippen LogP contribution in [0.15, 0.2) is 12.1 Å². The fraction of sp³-hybridized carbons (Fsp3) is 0.750. The van der Waals surface area contributed by atoms with E-state index >= 15 is 0 Å². The summed E-state index contributed by atoms with van der Waals surface area (Å²) in [4.78, 5) is 3.78. The summed E-state index contributed by atoms with van der Waals surface area (Å²) in [5.41, 5.74) is 0.380. The number of rotatable bonds is 10. The van der Waals surface area contributed by atoms with Gasteiger partial charge in [-0.15, -0.1) is 11.3 Å². The summed E-state index contributed by atoms with van der Waals surface area (Å²) in [5, 5.41) is 3.61. The molecule has 0 spiro atoms. The predicted molar refractivity (Wildman–Crippen MR) is 91.8 cm³/mol. The van der Waals surface area contributed by atoms with E-state index in [0.29, 0.717) is 5.41 Å². The average molecular weight is 317 g/mol. The first-order chi connectivity index (χ1) is 9.55. The van der Waals surface area contributed by atoms with Crippen molar-refractivity contribution >= 4 is 22.9 Å². The molecule has 0 saturated heterocycles. The Bertz CT molecular complexity index is 374. The lowest BCUT2D eigenvalue weighted by Crippen LogP contribution is -2.42. The molecule has 1 aromatic heterocycles. The van der Waals surface area contributed by atoms with Crippen LogP contribution in [0.2, 0.25) is 4.34 Å². The number of hydrogen-bond acceptors (Lipinski definition) is 3. The molecule has 0 radical (unpaired) electrons. The molecule has 0 saturated carbocycles. The third-order valence-electron chi connectivity index (χ3n) is 4.09. The van der Waals surface area contributed by atoms with Gasteiger partial charge in [-0.25, -0.2) is 0 Å². The van der Waals surface area contributed by atoms with Gasteiger partial charge < -0.3 is 10.2 Å². The minimum atomic E-state index is 0.380. The van der Waals surface area contributed by atoms with Crippen molar-refractivity contribution in [2.45, 2.75) is 46.6 Å². The normalized spacial score (nSPS) is 12.3. The predicted octanol–water partition coefficient (Wildman–Crippen LogP) is 4.64. The highest BCUT2D eigenvalue weighted by atomic mass is 35.5. The maximum Gasteiger partial charge on any atom is 0.0931 e. The number of thiophene rings is 1. The van der Waals surface area contributed by atoms with Crippen molar-refractivity contribution < 1.29 is 0 Å². The molecule has 1 aromatic rings. The van der Waals surface area contributed by atoms with Gasteiger partial charge in [0.05, 0.1) is 4.34 Å². The van der Waals surface area contributed by atoms with E-state index in [0.717, 1.165) is 30.5 Å². The van der Waals surface area contributed by atoms with E-state index in [1.165, 1.54) is 24.1 Å². The monoisotopic (exact) mass is 316 g/mol. The molecule has 0 unspecified atom stereocenters. The SMILES string of the molecule is CCCNCC(CC)(CC)CN(C)Cc1ccc(Cl)s1. The molecule has 0 atom stereocenters. The second kappa shape index (κ2) is 9.04. The maximum absolute atomic E-state index is 6.01. The van der Waals surface area contributed by atoms with Crippen molar-refractivity contribution in [1.82, 2.24) is 10.2 Å². The maximum atomic E-state index is 6.01. The zero-order chi connectivity index (χ0) is 15.0. The van der Waals surface area contributed by atoms with Crippen molar-refractivity contribution in [2.24, 2.45) is 5.41 Å². The van der Waals surface area contributed by atoms with Crippen molar-refractivity contribution in [3.63, 3.8) is 0 Å². The Morgan fingerprint density at radius 1 is 1.25 bits per heavy atom. The number of nitrogens with one attached hydrogen (secondary N) is 1. The first-order valence-electron chi connectivity index (χ1n) is 7.68. The van der Waals surface area contributed by atoms with Gasteiger partial charge in [-0.1, -0.05) is 32.4 Å². The van der Waals surface area contributed by atoms with Gasteiger partial charge >= 0.3 is 0 Å². The molecular weight excluding hydrogens is 288 g/mol. The summed E-state index contributed by atoms with van der Waals surface area (Å²) in [6, 6.07) is 4.13. The van der Waals surface area contributed by atoms with Crippen LogP contribution in [0.1, 0.15) is 44.9 Å². The topological polar surface area (TPSA) is 15.3 Å². The third kappa shape index (κ3) is 5.72. The van der Waals surface area contributed by atoms with Gasteiger partial charge in [0.25, 0.3) is 0 Å². The average Bonchev–Trinajstić information content (AvgIpc) is 2.83. The van der Waals surface area contributed by atoms with E-state index in [9.17, 15) is 0 Å². The second-order valence-corrected chi connectivity index (χ2v) is 7.56. The molecule has 0 aliphatic rings. The minimum absolute atomic E-state index is 0.380. The largest absolute Gasteiger partial charge is 0.316 e. The summed E-state index contributed by atoms with van der Waals surface area (Å²) < 4.78 is 0.884. The Morgan fingerprint density at radius 2 is 1.95 bits per heavy atom. The molecule has 1 heterocycles. The lowest BCUT2D eigenvalue weighted by atomic mass is 9.81. The van der Waals surface area contributed by atoms with E-state index in [1.54, 1.807) is 11.3 Å². The molecule has 0 aliphatic carbocycles. The molecule has 0 aromatic carbocycles. The van der Waals surface area contributed by atoms with Crippen LogP contribution in [0, 0.1) is 5.41 Å². The first kappa shape index (κ1) is 18.0. The smallest absolute Gasteiger partial charge is 0.0931 e. The quantitative estimate of drug-likeness (QED) is 0.633. The molecule has 0 fully saturated rings. The van der Waals surface area contributed by atoms with Crippen LogP contribution in [0.5, 0.6) is 0 Å². The molecular formula is C16H29ClN2S. The fourth-order valence-electron chi connectivity index (χ4n) is 2.64. The molecule has 0 aliphatic heterocycles. The summed E-state index contributed by atoms with van der Waals surface area (Å²) in [6.07, 6.45) is 3.64. The van der Waals surface area contributed by atoms with Gasteiger partial charge in [0.1, 0.15) is 0 Å². The zero-order valence-electron chi connectivity index (χ0n) is 13.3. The van der Waals surface area contributed by atoms with Crippen LogP contribution in [0.3, 0.4) is 0 Å². The van der Waals surface area contributed by atoms with Gasteiger partial charge in [-0.2, -0.15) is 0 Å². The third-order valence-corrected chi connectivity index (χ3v) is 5.30. The molecule has 0 bridgehead atoms. The molecule has 1 N–H and O–H groups in total. The van der Waals surface area contributed by atoms with Crippen molar-refractivity contribution in [3.8, 4) is 0 Å². The Morgan fingerprint density at radius 3 is 2.45 bits per heavy atom. The van der Waals surface area contributed by atoms with E-state index in [1.807, 2.05) is 6.07 Å². The molecule has 0 amide bonds. The van der Waals surface area contributed by atoms with Crippen LogP contribution < -0.4 is 5.32 Å². The van der Waals surface area contributed by atoms with Crippen LogP contribution in [0.4, 0.5) is 0 Å². The molecule has 116 valence electrons. The van der Waals surface area contributed by atoms with Gasteiger partial charge in [0.15, 0.2) is 0 Å². The summed E-state index contributed by atoms with van der Waals surface area (Å²) in [5.74, 6) is 0. The zero-order valence-corrected chi connectivity index (χ0v) is 14.9. The van der Waals surface area contributed by atoms with Gasteiger partial charge in [-0.05, 0) is 50.4 Å². The van der Waals surface area contributed by atoms with E-state index in [-0.39, 0.29) is 0 Å². The molecule has 20 heavy (non-hydrogen) atoms. The van der Waals surface area contributed by atoms with Crippen LogP contribution in [0.25, 0.3) is 0 Å². The second-order valence-electron chi connectivity index (χ2n) is 5.76. The van der Waals surface area contributed by atoms with Crippen molar-refractivity contribution in [3.05, 3.63) is 21.3 Å². The lowest BCUT2D eigenvalue weighted by Gasteiger charge is -2.36. The number of hydrogen-bond donors (Lipinski definition) is 1. The first-order valence-corrected chi connectivity index (χ1v) is 8.88. The molecule has 4 heteroatoms. The van der Waals surface area contributed by atoms with Crippen LogP contribution in [-0.2, 0) is 6.54 Å². The Labute approximate surface area is 133 Å². The van der Waals surface area contributed by atoms with Gasteiger partial charge in [0, 0.05) is 24.5 Å². The minimum Gasteiger partial charge on any atom is -0.316 e. The van der Waals surface area contributed by atoms with Crippen LogP contribution in [-0.4, -0.2) is 31.6 Å². The molecule has 1 rings (SSSR count). The summed E-state index contributed by atoms with van der Waals surface area (Å²) in [6.45, 7) is 11.2. The highest BCUT2D eigenvalue weighted by molar-refractivity contribution is 7.16. The van der Waals surface area contributed by atoms with Crippen LogP contribution >= 0.6 is 22.9 Å². The Hall–Kier alpha value is -0.0900. The summed E-state index contributed by atoms with van der Waals surface area (Å²) >= 11 is 7.69. The molecule has 2 nitrogen and oxygen atoms in total. The fourth-order valence-corrected chi connectivity index (χ4v) is 3.81. The lowest BCUT2D eigenvalue weighted by molar-refractivity contribution is 0.152. The number of halogens is 1. The Kier molecular flexibility index (Phi) is 8.11. The summed E-state index contributed by atoms with van der Waals surface area (Å²) in [7, 11) is 2.22. The van der Waals surface area contributed by atoms with Gasteiger partial charge in [0.2, 0.25) is 0 Å². The van der Waals surface area contributed by atoms with Crippen molar-refractivity contribution in [1.29, 1.82) is 0 Å². The van der Waals surface area contributed by atoms with E-state index < -0.39 is 0 Å². The Balaban J connectivity index is 2.54. The van der Waals surface area contributed by atoms with E-state index in [4.69, 9.17) is 11.6 Å². The van der Waals surface area contributed by atoms with Gasteiger partial charge in [-0.3, -0.25) is 0 Å². The van der Waals surface area contributed by atoms with Crippen molar-refractivity contribution in [2.75, 3.05) is 26.7 Å².